The minimum absolute atomic E-state index is 0.0181. The Morgan fingerprint density at radius 1 is 1.13 bits per heavy atom. The van der Waals surface area contributed by atoms with Crippen LogP contribution in [0.5, 0.6) is 0 Å². The number of allylic oxidation sites excluding steroid dienone is 8. The van der Waals surface area contributed by atoms with Crippen molar-refractivity contribution in [2.45, 2.75) is 47.0 Å². The molecule has 4 heteroatoms. The van der Waals surface area contributed by atoms with Crippen LogP contribution in [0.25, 0.3) is 0 Å². The number of hydrogen-bond donors (Lipinski definition) is 0. The van der Waals surface area contributed by atoms with Crippen molar-refractivity contribution >= 4 is 11.9 Å². The van der Waals surface area contributed by atoms with Gasteiger partial charge in [-0.3, -0.25) is 9.59 Å². The second-order valence-electron chi connectivity index (χ2n) is 9.30. The molecule has 4 aliphatic rings. The lowest BCUT2D eigenvalue weighted by molar-refractivity contribution is -0.140. The molecule has 0 radical (unpaired) electrons. The third kappa shape index (κ3) is 3.23. The van der Waals surface area contributed by atoms with Gasteiger partial charge >= 0.3 is 11.9 Å². The van der Waals surface area contributed by atoms with E-state index in [0.717, 1.165) is 24.8 Å². The Kier molecular flexibility index (Phi) is 5.00. The number of hydrogen-bond acceptors (Lipinski definition) is 4. The Labute approximate surface area is 178 Å². The summed E-state index contributed by atoms with van der Waals surface area (Å²) in [7, 11) is 0. The van der Waals surface area contributed by atoms with Gasteiger partial charge in [-0.2, -0.15) is 0 Å². The molecule has 0 saturated carbocycles. The summed E-state index contributed by atoms with van der Waals surface area (Å²) in [6.07, 6.45) is 16.1. The highest BCUT2D eigenvalue weighted by atomic mass is 16.5. The highest BCUT2D eigenvalue weighted by Crippen LogP contribution is 2.62. The van der Waals surface area contributed by atoms with Gasteiger partial charge in [0.1, 0.15) is 12.4 Å². The van der Waals surface area contributed by atoms with Crippen molar-refractivity contribution in [3.05, 3.63) is 71.1 Å². The van der Waals surface area contributed by atoms with E-state index in [1.54, 1.807) is 0 Å². The molecule has 0 N–H and O–H groups in total. The van der Waals surface area contributed by atoms with Gasteiger partial charge in [-0.15, -0.1) is 0 Å². The van der Waals surface area contributed by atoms with Crippen molar-refractivity contribution in [2.75, 3.05) is 6.61 Å². The number of fused-ring (bicyclic) bond motifs is 5. The van der Waals surface area contributed by atoms with Crippen LogP contribution >= 0.6 is 0 Å². The molecular weight excluding hydrogens is 376 g/mol. The van der Waals surface area contributed by atoms with Crippen molar-refractivity contribution in [1.82, 2.24) is 0 Å². The average Bonchev–Trinajstić information content (AvgIpc) is 3.03. The summed E-state index contributed by atoms with van der Waals surface area (Å²) in [4.78, 5) is 22.6. The summed E-state index contributed by atoms with van der Waals surface area (Å²) >= 11 is 0. The molecule has 0 spiro atoms. The van der Waals surface area contributed by atoms with E-state index >= 15 is 0 Å². The Morgan fingerprint density at radius 2 is 1.90 bits per heavy atom. The van der Waals surface area contributed by atoms with Gasteiger partial charge in [0.2, 0.25) is 0 Å². The molecule has 0 bridgehead atoms. The Balaban J connectivity index is 1.60. The average molecular weight is 407 g/mol. The minimum Gasteiger partial charge on any atom is -0.461 e. The van der Waals surface area contributed by atoms with Crippen molar-refractivity contribution in [3.8, 4) is 0 Å². The summed E-state index contributed by atoms with van der Waals surface area (Å²) in [6.45, 7) is 11.9. The maximum absolute atomic E-state index is 11.3. The van der Waals surface area contributed by atoms with Crippen molar-refractivity contribution in [1.29, 1.82) is 0 Å². The molecule has 4 nitrogen and oxygen atoms in total. The van der Waals surface area contributed by atoms with E-state index in [-0.39, 0.29) is 29.4 Å². The minimum atomic E-state index is -0.296. The van der Waals surface area contributed by atoms with E-state index in [1.165, 1.54) is 30.6 Å². The SMILES string of the molecule is C=C(COC(C)=O)C1=CCC2C3CC=C4C=C(OC(C)=O)C=C[C@]4(C)C3=CC[C@]12C. The fourth-order valence-corrected chi connectivity index (χ4v) is 5.91. The number of carbonyl (C=O) groups excluding carboxylic acids is 2. The molecule has 30 heavy (non-hydrogen) atoms. The van der Waals surface area contributed by atoms with Gasteiger partial charge in [0, 0.05) is 19.3 Å². The van der Waals surface area contributed by atoms with Crippen LogP contribution in [0, 0.1) is 22.7 Å². The Morgan fingerprint density at radius 3 is 2.60 bits per heavy atom. The molecule has 0 aromatic carbocycles. The first-order chi connectivity index (χ1) is 14.1. The standard InChI is InChI=1S/C26H30O4/c1-16(15-29-17(2)27)22-8-9-23-21-7-6-19-14-20(30-18(3)28)10-12-25(19,4)24(21)11-13-26(22,23)5/h6,8,10-12,14,21,23H,1,7,9,13,15H2,2-5H3/t21?,23?,25-,26+/m0/s1. The van der Waals surface area contributed by atoms with Gasteiger partial charge in [-0.25, -0.2) is 0 Å². The molecule has 0 fully saturated rings. The summed E-state index contributed by atoms with van der Waals surface area (Å²) in [6, 6.07) is 0. The molecule has 4 rings (SSSR count). The lowest BCUT2D eigenvalue weighted by Gasteiger charge is -2.50. The van der Waals surface area contributed by atoms with E-state index < -0.39 is 0 Å². The van der Waals surface area contributed by atoms with E-state index in [9.17, 15) is 9.59 Å². The third-order valence-corrected chi connectivity index (χ3v) is 7.40. The van der Waals surface area contributed by atoms with E-state index in [1.807, 2.05) is 12.2 Å². The topological polar surface area (TPSA) is 52.6 Å². The molecule has 0 aromatic rings. The molecule has 158 valence electrons. The van der Waals surface area contributed by atoms with Crippen LogP contribution in [0.2, 0.25) is 0 Å². The van der Waals surface area contributed by atoms with Gasteiger partial charge in [-0.1, -0.05) is 43.4 Å². The molecule has 4 atom stereocenters. The zero-order chi connectivity index (χ0) is 21.7. The van der Waals surface area contributed by atoms with Gasteiger partial charge in [-0.05, 0) is 72.3 Å². The molecule has 4 aliphatic carbocycles. The Bertz CT molecular complexity index is 973. The smallest absolute Gasteiger partial charge is 0.308 e. The van der Waals surface area contributed by atoms with Gasteiger partial charge < -0.3 is 9.47 Å². The zero-order valence-electron chi connectivity index (χ0n) is 18.3. The molecule has 2 unspecified atom stereocenters. The van der Waals surface area contributed by atoms with Gasteiger partial charge in [0.15, 0.2) is 0 Å². The first kappa shape index (κ1) is 20.6. The fourth-order valence-electron chi connectivity index (χ4n) is 5.91. The van der Waals surface area contributed by atoms with Crippen LogP contribution in [0.1, 0.15) is 47.0 Å². The van der Waals surface area contributed by atoms with Crippen LogP contribution in [-0.2, 0) is 19.1 Å². The maximum Gasteiger partial charge on any atom is 0.308 e. The number of carbonyl (C=O) groups is 2. The zero-order valence-corrected chi connectivity index (χ0v) is 18.3. The van der Waals surface area contributed by atoms with E-state index in [0.29, 0.717) is 17.6 Å². The number of rotatable bonds is 4. The molecular formula is C26H30O4. The molecule has 0 saturated heterocycles. The lowest BCUT2D eigenvalue weighted by Crippen LogP contribution is -2.41. The quantitative estimate of drug-likeness (QED) is 0.466. The van der Waals surface area contributed by atoms with E-state index in [2.05, 4.69) is 44.7 Å². The van der Waals surface area contributed by atoms with Crippen LogP contribution in [-0.4, -0.2) is 18.5 Å². The molecule has 0 aliphatic heterocycles. The first-order valence-corrected chi connectivity index (χ1v) is 10.7. The summed E-state index contributed by atoms with van der Waals surface area (Å²) in [5.74, 6) is 1.00. The van der Waals surface area contributed by atoms with Gasteiger partial charge in [0.25, 0.3) is 0 Å². The fraction of sp³-hybridized carbons (Fsp3) is 0.462. The second-order valence-corrected chi connectivity index (χ2v) is 9.30. The van der Waals surface area contributed by atoms with Crippen molar-refractivity contribution < 1.29 is 19.1 Å². The largest absolute Gasteiger partial charge is 0.461 e. The van der Waals surface area contributed by atoms with Crippen molar-refractivity contribution in [3.63, 3.8) is 0 Å². The first-order valence-electron chi connectivity index (χ1n) is 10.7. The van der Waals surface area contributed by atoms with Crippen LogP contribution in [0.15, 0.2) is 71.1 Å². The van der Waals surface area contributed by atoms with Crippen molar-refractivity contribution in [2.24, 2.45) is 22.7 Å². The van der Waals surface area contributed by atoms with Crippen LogP contribution in [0.4, 0.5) is 0 Å². The molecule has 0 amide bonds. The highest BCUT2D eigenvalue weighted by Gasteiger charge is 2.52. The lowest BCUT2D eigenvalue weighted by atomic mass is 9.53. The molecule has 0 heterocycles. The normalized spacial score (nSPS) is 33.7. The number of esters is 2. The monoisotopic (exact) mass is 406 g/mol. The molecule has 0 aromatic heterocycles. The summed E-state index contributed by atoms with van der Waals surface area (Å²) < 4.78 is 10.5. The van der Waals surface area contributed by atoms with Crippen LogP contribution < -0.4 is 0 Å². The second kappa shape index (κ2) is 7.26. The predicted molar refractivity (Wildman–Crippen MR) is 116 cm³/mol. The van der Waals surface area contributed by atoms with Gasteiger partial charge in [0.05, 0.1) is 0 Å². The summed E-state index contributed by atoms with van der Waals surface area (Å²) in [5, 5.41) is 0. The highest BCUT2D eigenvalue weighted by molar-refractivity contribution is 5.68. The summed E-state index contributed by atoms with van der Waals surface area (Å²) in [5.41, 5.74) is 4.70. The predicted octanol–water partition coefficient (Wildman–Crippen LogP) is 5.36. The maximum atomic E-state index is 11.3. The van der Waals surface area contributed by atoms with Crippen LogP contribution in [0.3, 0.4) is 0 Å². The van der Waals surface area contributed by atoms with E-state index in [4.69, 9.17) is 9.47 Å². The Hall–Kier alpha value is -2.62. The number of ether oxygens (including phenoxy) is 2. The third-order valence-electron chi connectivity index (χ3n) is 7.40.